The first kappa shape index (κ1) is 26.1. The van der Waals surface area contributed by atoms with E-state index in [1.807, 2.05) is 6.92 Å². The third-order valence-electron chi connectivity index (χ3n) is 7.22. The molecule has 4 rings (SSSR count). The average Bonchev–Trinajstić information content (AvgIpc) is 3.01. The van der Waals surface area contributed by atoms with Gasteiger partial charge in [0, 0.05) is 25.0 Å². The van der Waals surface area contributed by atoms with Crippen LogP contribution in [0.5, 0.6) is 0 Å². The fourth-order valence-corrected chi connectivity index (χ4v) is 10.1. The number of ether oxygens (including phenoxy) is 3. The van der Waals surface area contributed by atoms with Gasteiger partial charge in [0.2, 0.25) is 0 Å². The molecular weight excluding hydrogens is 452 g/mol. The van der Waals surface area contributed by atoms with Crippen LogP contribution in [0.1, 0.15) is 27.7 Å². The molecule has 0 radical (unpaired) electrons. The summed E-state index contributed by atoms with van der Waals surface area (Å²) in [6.07, 6.45) is 8.60. The topological polar surface area (TPSA) is 36.9 Å². The van der Waals surface area contributed by atoms with Crippen molar-refractivity contribution in [3.8, 4) is 0 Å². The van der Waals surface area contributed by atoms with Gasteiger partial charge in [0.15, 0.2) is 0 Å². The molecule has 2 aromatic rings. The number of rotatable bonds is 11. The van der Waals surface area contributed by atoms with E-state index in [1.54, 1.807) is 0 Å². The van der Waals surface area contributed by atoms with E-state index in [2.05, 4.69) is 106 Å². The van der Waals surface area contributed by atoms with Gasteiger partial charge in [-0.05, 0) is 22.3 Å². The lowest BCUT2D eigenvalue weighted by atomic mass is 9.87. The molecule has 4 nitrogen and oxygen atoms in total. The van der Waals surface area contributed by atoms with E-state index in [-0.39, 0.29) is 29.1 Å². The zero-order valence-corrected chi connectivity index (χ0v) is 22.6. The maximum atomic E-state index is 7.30. The SMILES string of the molecule is CCOCCOC[C@H]1[C@@H](CO[Si](c2ccccc2)(c2ccccc2)C(C)(C)C)[C@@H]2C=CC=C[C@H]1O2. The fraction of sp³-hybridized carbons (Fsp3) is 0.467. The molecule has 2 aliphatic heterocycles. The molecule has 0 unspecified atom stereocenters. The molecule has 2 bridgehead atoms. The maximum absolute atomic E-state index is 7.30. The van der Waals surface area contributed by atoms with Gasteiger partial charge >= 0.3 is 0 Å². The highest BCUT2D eigenvalue weighted by Crippen LogP contribution is 2.40. The van der Waals surface area contributed by atoms with E-state index in [4.69, 9.17) is 18.6 Å². The van der Waals surface area contributed by atoms with Crippen molar-refractivity contribution in [2.45, 2.75) is 44.9 Å². The first-order valence-electron chi connectivity index (χ1n) is 12.9. The number of fused-ring (bicyclic) bond motifs is 2. The summed E-state index contributed by atoms with van der Waals surface area (Å²) in [5.74, 6) is 0.455. The molecule has 0 aromatic heterocycles. The molecule has 35 heavy (non-hydrogen) atoms. The number of hydrogen-bond acceptors (Lipinski definition) is 4. The van der Waals surface area contributed by atoms with Gasteiger partial charge in [-0.2, -0.15) is 0 Å². The number of allylic oxidation sites excluding steroid dienone is 2. The van der Waals surface area contributed by atoms with Crippen molar-refractivity contribution in [3.05, 3.63) is 85.0 Å². The molecule has 188 valence electrons. The Balaban J connectivity index is 1.63. The highest BCUT2D eigenvalue weighted by molar-refractivity contribution is 6.99. The molecule has 4 atom stereocenters. The standard InChI is InChI=1S/C30H40O4Si/c1-5-31-20-21-32-22-26-27(29-19-13-12-18-28(26)34-29)23-33-35(30(2,3)4,24-14-8-6-9-15-24)25-16-10-7-11-17-25/h6-19,26-29H,5,20-23H2,1-4H3/t26-,27+,28+,29-/m0/s1. The van der Waals surface area contributed by atoms with Gasteiger partial charge in [-0.15, -0.1) is 0 Å². The second-order valence-electron chi connectivity index (χ2n) is 10.4. The molecule has 1 saturated heterocycles. The van der Waals surface area contributed by atoms with E-state index < -0.39 is 8.32 Å². The van der Waals surface area contributed by atoms with Crippen LogP contribution >= 0.6 is 0 Å². The van der Waals surface area contributed by atoms with Crippen LogP contribution in [0, 0.1) is 11.8 Å². The van der Waals surface area contributed by atoms with Crippen LogP contribution in [0.2, 0.25) is 5.04 Å². The molecular formula is C30H40O4Si. The van der Waals surface area contributed by atoms with Crippen LogP contribution in [0.4, 0.5) is 0 Å². The van der Waals surface area contributed by atoms with Crippen molar-refractivity contribution in [3.63, 3.8) is 0 Å². The van der Waals surface area contributed by atoms with Crippen LogP contribution in [0.25, 0.3) is 0 Å². The fourth-order valence-electron chi connectivity index (χ4n) is 5.50. The van der Waals surface area contributed by atoms with Crippen molar-refractivity contribution in [1.29, 1.82) is 0 Å². The molecule has 5 heteroatoms. The minimum atomic E-state index is -2.61. The van der Waals surface area contributed by atoms with Crippen molar-refractivity contribution in [2.75, 3.05) is 33.0 Å². The number of hydrogen-bond donors (Lipinski definition) is 0. The van der Waals surface area contributed by atoms with E-state index in [9.17, 15) is 0 Å². The molecule has 2 heterocycles. The van der Waals surface area contributed by atoms with Crippen molar-refractivity contribution in [2.24, 2.45) is 11.8 Å². The Hall–Kier alpha value is -2.02. The third kappa shape index (κ3) is 5.70. The van der Waals surface area contributed by atoms with Gasteiger partial charge in [0.25, 0.3) is 8.32 Å². The zero-order chi connectivity index (χ0) is 24.7. The van der Waals surface area contributed by atoms with E-state index >= 15 is 0 Å². The normalized spacial score (nSPS) is 24.0. The lowest BCUT2D eigenvalue weighted by Crippen LogP contribution is -2.67. The van der Waals surface area contributed by atoms with E-state index in [0.717, 1.165) is 0 Å². The van der Waals surface area contributed by atoms with Gasteiger partial charge in [-0.25, -0.2) is 0 Å². The molecule has 2 aromatic carbocycles. The van der Waals surface area contributed by atoms with E-state index in [1.165, 1.54) is 10.4 Å². The smallest absolute Gasteiger partial charge is 0.261 e. The Morgan fingerprint density at radius 3 is 1.77 bits per heavy atom. The van der Waals surface area contributed by atoms with Crippen LogP contribution in [-0.2, 0) is 18.6 Å². The summed E-state index contributed by atoms with van der Waals surface area (Å²) in [4.78, 5) is 0. The Kier molecular flexibility index (Phi) is 8.79. The summed E-state index contributed by atoms with van der Waals surface area (Å²) < 4.78 is 25.3. The van der Waals surface area contributed by atoms with E-state index in [0.29, 0.717) is 33.0 Å². The quantitative estimate of drug-likeness (QED) is 0.335. The van der Waals surface area contributed by atoms with Gasteiger partial charge < -0.3 is 18.6 Å². The first-order valence-corrected chi connectivity index (χ1v) is 14.8. The summed E-state index contributed by atoms with van der Waals surface area (Å²) in [6, 6.07) is 21.7. The lowest BCUT2D eigenvalue weighted by molar-refractivity contribution is 0.0190. The van der Waals surface area contributed by atoms with Crippen LogP contribution < -0.4 is 10.4 Å². The molecule has 0 saturated carbocycles. The minimum Gasteiger partial charge on any atom is -0.407 e. The summed E-state index contributed by atoms with van der Waals surface area (Å²) in [5.41, 5.74) is 0. The minimum absolute atomic E-state index is 0.0220. The molecule has 2 aliphatic rings. The zero-order valence-electron chi connectivity index (χ0n) is 21.6. The molecule has 0 N–H and O–H groups in total. The average molecular weight is 493 g/mol. The van der Waals surface area contributed by atoms with Gasteiger partial charge in [-0.3, -0.25) is 0 Å². The van der Waals surface area contributed by atoms with Crippen LogP contribution in [-0.4, -0.2) is 53.6 Å². The van der Waals surface area contributed by atoms with Crippen molar-refractivity contribution in [1.82, 2.24) is 0 Å². The summed E-state index contributed by atoms with van der Waals surface area (Å²) in [5, 5.41) is 2.55. The predicted octanol–water partition coefficient (Wildman–Crippen LogP) is 4.74. The van der Waals surface area contributed by atoms with Crippen LogP contribution in [0.15, 0.2) is 85.0 Å². The third-order valence-corrected chi connectivity index (χ3v) is 12.2. The Morgan fingerprint density at radius 1 is 0.743 bits per heavy atom. The lowest BCUT2D eigenvalue weighted by Gasteiger charge is -2.44. The summed E-state index contributed by atoms with van der Waals surface area (Å²) >= 11 is 0. The maximum Gasteiger partial charge on any atom is 0.261 e. The van der Waals surface area contributed by atoms with Gasteiger partial charge in [-0.1, -0.05) is 106 Å². The second-order valence-corrected chi connectivity index (χ2v) is 14.7. The Bertz CT molecular complexity index is 927. The second kappa shape index (κ2) is 11.8. The predicted molar refractivity (Wildman–Crippen MR) is 145 cm³/mol. The highest BCUT2D eigenvalue weighted by atomic mass is 28.4. The van der Waals surface area contributed by atoms with Crippen molar-refractivity contribution >= 4 is 18.7 Å². The van der Waals surface area contributed by atoms with Gasteiger partial charge in [0.05, 0.1) is 32.0 Å². The molecule has 0 aliphatic carbocycles. The van der Waals surface area contributed by atoms with Crippen LogP contribution in [0.3, 0.4) is 0 Å². The number of benzene rings is 2. The molecule has 0 amide bonds. The largest absolute Gasteiger partial charge is 0.407 e. The highest BCUT2D eigenvalue weighted by Gasteiger charge is 2.52. The Labute approximate surface area is 212 Å². The summed E-state index contributed by atoms with van der Waals surface area (Å²) in [6.45, 7) is 12.2. The first-order chi connectivity index (χ1) is 17.0. The Morgan fingerprint density at radius 2 is 1.26 bits per heavy atom. The molecule has 0 spiro atoms. The monoisotopic (exact) mass is 492 g/mol. The van der Waals surface area contributed by atoms with Gasteiger partial charge in [0.1, 0.15) is 0 Å². The molecule has 1 fully saturated rings. The summed E-state index contributed by atoms with van der Waals surface area (Å²) in [7, 11) is -2.61. The van der Waals surface area contributed by atoms with Crippen molar-refractivity contribution < 1.29 is 18.6 Å².